The molecule has 2 aliphatic heterocycles. The molecule has 3 heterocycles. The lowest BCUT2D eigenvalue weighted by Crippen LogP contribution is -2.54. The van der Waals surface area contributed by atoms with Gasteiger partial charge in [-0.1, -0.05) is 24.3 Å². The van der Waals surface area contributed by atoms with Gasteiger partial charge in [-0.05, 0) is 30.3 Å². The van der Waals surface area contributed by atoms with E-state index < -0.39 is 11.7 Å². The normalized spacial score (nSPS) is 19.1. The van der Waals surface area contributed by atoms with Crippen molar-refractivity contribution < 1.29 is 19.1 Å². The predicted octanol–water partition coefficient (Wildman–Crippen LogP) is 3.06. The van der Waals surface area contributed by atoms with Gasteiger partial charge < -0.3 is 24.3 Å². The summed E-state index contributed by atoms with van der Waals surface area (Å²) < 4.78 is 13.7. The second-order valence-corrected chi connectivity index (χ2v) is 8.38. The Hall–Kier alpha value is -3.65. The van der Waals surface area contributed by atoms with E-state index in [9.17, 15) is 9.59 Å². The molecule has 1 aromatic heterocycles. The van der Waals surface area contributed by atoms with Gasteiger partial charge >= 0.3 is 0 Å². The van der Waals surface area contributed by atoms with Crippen LogP contribution in [0, 0.1) is 0 Å². The molecule has 1 unspecified atom stereocenters. The molecule has 8 nitrogen and oxygen atoms in total. The standard InChI is InChI=1S/C25H26N4O4/c1-32-20-9-5-6-18(16-20)23(31)28-13-10-25(11-14-28)24-26-12-15-29(24)17-21(33-25)22(30)27-19-7-3-2-4-8-19/h2-9,12,15-16,21H,10-11,13-14,17H2,1H3,(H,27,30). The molecule has 2 aliphatic rings. The van der Waals surface area contributed by atoms with Gasteiger partial charge in [0.25, 0.3) is 11.8 Å². The summed E-state index contributed by atoms with van der Waals surface area (Å²) in [4.78, 5) is 32.4. The minimum atomic E-state index is -0.703. The number of rotatable bonds is 4. The quantitative estimate of drug-likeness (QED) is 0.666. The molecule has 1 fully saturated rings. The van der Waals surface area contributed by atoms with Crippen LogP contribution in [-0.4, -0.2) is 52.6 Å². The van der Waals surface area contributed by atoms with E-state index in [1.54, 1.807) is 25.4 Å². The molecule has 1 spiro atoms. The molecule has 0 bridgehead atoms. The summed E-state index contributed by atoms with van der Waals surface area (Å²) in [5.74, 6) is 1.25. The van der Waals surface area contributed by atoms with Crippen molar-refractivity contribution in [3.05, 3.63) is 78.4 Å². The highest BCUT2D eigenvalue weighted by Crippen LogP contribution is 2.40. The number of likely N-dealkylation sites (tertiary alicyclic amines) is 1. The Balaban J connectivity index is 1.32. The number of imidazole rings is 1. The van der Waals surface area contributed by atoms with E-state index >= 15 is 0 Å². The van der Waals surface area contributed by atoms with Gasteiger partial charge in [-0.15, -0.1) is 0 Å². The summed E-state index contributed by atoms with van der Waals surface area (Å²) in [6, 6.07) is 16.5. The highest BCUT2D eigenvalue weighted by molar-refractivity contribution is 5.95. The van der Waals surface area contributed by atoms with Crippen LogP contribution < -0.4 is 10.1 Å². The number of methoxy groups -OCH3 is 1. The Morgan fingerprint density at radius 1 is 1.12 bits per heavy atom. The number of anilines is 1. The van der Waals surface area contributed by atoms with Crippen molar-refractivity contribution in [1.82, 2.24) is 14.5 Å². The van der Waals surface area contributed by atoms with Gasteiger partial charge in [-0.25, -0.2) is 4.98 Å². The smallest absolute Gasteiger partial charge is 0.255 e. The molecule has 3 aromatic rings. The minimum Gasteiger partial charge on any atom is -0.497 e. The van der Waals surface area contributed by atoms with Gasteiger partial charge in [0.05, 0.1) is 13.7 Å². The number of carbonyl (C=O) groups excluding carboxylic acids is 2. The van der Waals surface area contributed by atoms with Gasteiger partial charge in [-0.3, -0.25) is 9.59 Å². The van der Waals surface area contributed by atoms with Crippen LogP contribution in [-0.2, 0) is 21.7 Å². The fourth-order valence-corrected chi connectivity index (χ4v) is 4.63. The van der Waals surface area contributed by atoms with Crippen LogP contribution in [0.5, 0.6) is 5.75 Å². The van der Waals surface area contributed by atoms with Gasteiger partial charge in [0, 0.05) is 49.6 Å². The third kappa shape index (κ3) is 4.09. The van der Waals surface area contributed by atoms with E-state index in [-0.39, 0.29) is 11.8 Å². The van der Waals surface area contributed by atoms with E-state index in [0.29, 0.717) is 43.8 Å². The highest BCUT2D eigenvalue weighted by atomic mass is 16.5. The van der Waals surface area contributed by atoms with E-state index in [0.717, 1.165) is 11.5 Å². The summed E-state index contributed by atoms with van der Waals surface area (Å²) >= 11 is 0. The van der Waals surface area contributed by atoms with Crippen LogP contribution in [0.2, 0.25) is 0 Å². The molecule has 2 aromatic carbocycles. The van der Waals surface area contributed by atoms with Crippen molar-refractivity contribution >= 4 is 17.5 Å². The van der Waals surface area contributed by atoms with Crippen molar-refractivity contribution in [3.63, 3.8) is 0 Å². The first-order valence-electron chi connectivity index (χ1n) is 11.1. The average Bonchev–Trinajstić information content (AvgIpc) is 3.35. The summed E-state index contributed by atoms with van der Waals surface area (Å²) in [5, 5.41) is 2.94. The number of para-hydroxylation sites is 1. The second-order valence-electron chi connectivity index (χ2n) is 8.38. The fraction of sp³-hybridized carbons (Fsp3) is 0.320. The number of hydrogen-bond donors (Lipinski definition) is 1. The SMILES string of the molecule is COc1cccc(C(=O)N2CCC3(CC2)OC(C(=O)Nc2ccccc2)Cn2ccnc23)c1. The van der Waals surface area contributed by atoms with Crippen LogP contribution >= 0.6 is 0 Å². The molecule has 0 aliphatic carbocycles. The molecule has 8 heteroatoms. The molecular formula is C25H26N4O4. The van der Waals surface area contributed by atoms with E-state index in [2.05, 4.69) is 10.3 Å². The summed E-state index contributed by atoms with van der Waals surface area (Å²) in [6.07, 6.45) is 4.11. The van der Waals surface area contributed by atoms with Crippen molar-refractivity contribution in [1.29, 1.82) is 0 Å². The van der Waals surface area contributed by atoms with Crippen molar-refractivity contribution in [2.75, 3.05) is 25.5 Å². The molecule has 1 N–H and O–H groups in total. The second kappa shape index (κ2) is 8.71. The first-order valence-corrected chi connectivity index (χ1v) is 11.1. The Morgan fingerprint density at radius 3 is 2.67 bits per heavy atom. The molecule has 0 radical (unpaired) electrons. The molecule has 1 saturated heterocycles. The third-order valence-electron chi connectivity index (χ3n) is 6.36. The summed E-state index contributed by atoms with van der Waals surface area (Å²) in [7, 11) is 1.58. The van der Waals surface area contributed by atoms with Crippen LogP contribution in [0.3, 0.4) is 0 Å². The Kier molecular flexibility index (Phi) is 5.60. The van der Waals surface area contributed by atoms with Crippen molar-refractivity contribution in [2.45, 2.75) is 31.1 Å². The number of piperidine rings is 1. The topological polar surface area (TPSA) is 85.7 Å². The molecule has 1 atom stereocenters. The predicted molar refractivity (Wildman–Crippen MR) is 122 cm³/mol. The lowest BCUT2D eigenvalue weighted by atomic mass is 9.88. The lowest BCUT2D eigenvalue weighted by Gasteiger charge is -2.45. The number of hydrogen-bond acceptors (Lipinski definition) is 5. The molecule has 170 valence electrons. The number of ether oxygens (including phenoxy) is 2. The van der Waals surface area contributed by atoms with Crippen molar-refractivity contribution in [3.8, 4) is 5.75 Å². The third-order valence-corrected chi connectivity index (χ3v) is 6.36. The van der Waals surface area contributed by atoms with Gasteiger partial charge in [0.2, 0.25) is 0 Å². The number of carbonyl (C=O) groups is 2. The molecule has 5 rings (SSSR count). The van der Waals surface area contributed by atoms with Gasteiger partial charge in [0.1, 0.15) is 17.2 Å². The largest absolute Gasteiger partial charge is 0.497 e. The zero-order valence-corrected chi connectivity index (χ0v) is 18.4. The number of nitrogens with one attached hydrogen (secondary N) is 1. The highest BCUT2D eigenvalue weighted by Gasteiger charge is 2.47. The van der Waals surface area contributed by atoms with Gasteiger partial charge in [0.15, 0.2) is 6.10 Å². The van der Waals surface area contributed by atoms with Crippen LogP contribution in [0.25, 0.3) is 0 Å². The van der Waals surface area contributed by atoms with Crippen LogP contribution in [0.4, 0.5) is 5.69 Å². The number of fused-ring (bicyclic) bond motifs is 2. The van der Waals surface area contributed by atoms with Gasteiger partial charge in [-0.2, -0.15) is 0 Å². The maximum absolute atomic E-state index is 13.1. The summed E-state index contributed by atoms with van der Waals surface area (Å²) in [5.41, 5.74) is 0.623. The molecule has 33 heavy (non-hydrogen) atoms. The zero-order chi connectivity index (χ0) is 22.8. The zero-order valence-electron chi connectivity index (χ0n) is 18.4. The molecule has 0 saturated carbocycles. The molecule has 2 amide bonds. The maximum Gasteiger partial charge on any atom is 0.255 e. The lowest BCUT2D eigenvalue weighted by molar-refractivity contribution is -0.168. The number of benzene rings is 2. The Morgan fingerprint density at radius 2 is 1.91 bits per heavy atom. The summed E-state index contributed by atoms with van der Waals surface area (Å²) in [6.45, 7) is 1.42. The number of nitrogens with zero attached hydrogens (tertiary/aromatic N) is 3. The first-order chi connectivity index (χ1) is 16.1. The van der Waals surface area contributed by atoms with E-state index in [4.69, 9.17) is 9.47 Å². The minimum absolute atomic E-state index is 0.0405. The van der Waals surface area contributed by atoms with Crippen LogP contribution in [0.1, 0.15) is 29.0 Å². The number of aromatic nitrogens is 2. The van der Waals surface area contributed by atoms with E-state index in [1.807, 2.05) is 58.1 Å². The van der Waals surface area contributed by atoms with Crippen LogP contribution in [0.15, 0.2) is 67.0 Å². The average molecular weight is 447 g/mol. The first kappa shape index (κ1) is 21.2. The monoisotopic (exact) mass is 446 g/mol. The Bertz CT molecular complexity index is 1150. The fourth-order valence-electron chi connectivity index (χ4n) is 4.63. The maximum atomic E-state index is 13.1. The van der Waals surface area contributed by atoms with Crippen molar-refractivity contribution in [2.24, 2.45) is 0 Å². The van der Waals surface area contributed by atoms with E-state index in [1.165, 1.54) is 0 Å². The molecular weight excluding hydrogens is 420 g/mol. The Labute approximate surface area is 192 Å². The number of amides is 2.